The molecule has 0 atom stereocenters. The minimum Gasteiger partial charge on any atom is -0.460 e. The van der Waals surface area contributed by atoms with Crippen molar-refractivity contribution >= 4 is 10.0 Å². The molecule has 0 unspecified atom stereocenters. The van der Waals surface area contributed by atoms with Crippen LogP contribution in [0.15, 0.2) is 17.3 Å². The summed E-state index contributed by atoms with van der Waals surface area (Å²) in [6.45, 7) is 6.03. The maximum absolute atomic E-state index is 12.8. The van der Waals surface area contributed by atoms with E-state index >= 15 is 0 Å². The maximum Gasteiger partial charge on any atom is 0.316 e. The van der Waals surface area contributed by atoms with E-state index in [4.69, 9.17) is 4.74 Å². The number of hydrogen-bond donors (Lipinski definition) is 1. The zero-order chi connectivity index (χ0) is 19.6. The molecule has 2 heterocycles. The lowest BCUT2D eigenvalue weighted by Crippen LogP contribution is -2.40. The van der Waals surface area contributed by atoms with Crippen LogP contribution in [-0.4, -0.2) is 40.3 Å². The van der Waals surface area contributed by atoms with E-state index in [1.807, 2.05) is 6.92 Å². The summed E-state index contributed by atoms with van der Waals surface area (Å²) in [5.41, 5.74) is 1.15. The quantitative estimate of drug-likeness (QED) is 0.802. The molecule has 3 rings (SSSR count). The van der Waals surface area contributed by atoms with E-state index < -0.39 is 15.8 Å². The first-order chi connectivity index (χ1) is 12.8. The van der Waals surface area contributed by atoms with Gasteiger partial charge in [0.2, 0.25) is 10.0 Å². The summed E-state index contributed by atoms with van der Waals surface area (Å²) < 4.78 is 48.6. The molecular formula is C17H24FN5O3S. The van der Waals surface area contributed by atoms with Gasteiger partial charge in [0, 0.05) is 12.6 Å². The fourth-order valence-corrected chi connectivity index (χ4v) is 5.18. The van der Waals surface area contributed by atoms with Gasteiger partial charge >= 0.3 is 6.01 Å². The Labute approximate surface area is 158 Å². The van der Waals surface area contributed by atoms with Crippen molar-refractivity contribution in [2.24, 2.45) is 0 Å². The van der Waals surface area contributed by atoms with Crippen molar-refractivity contribution in [2.45, 2.75) is 70.0 Å². The third kappa shape index (κ3) is 4.44. The van der Waals surface area contributed by atoms with E-state index in [0.717, 1.165) is 12.4 Å². The van der Waals surface area contributed by atoms with E-state index in [-0.39, 0.29) is 23.1 Å². The number of rotatable bonds is 6. The molecule has 2 aromatic heterocycles. The standard InChI is InChI=1S/C17H24FN5O3S/c1-4-23-12(3)16(11(2)21-23)27(24,25)22-14-5-7-15(8-6-14)26-17-19-9-13(18)10-20-17/h9-10,14-15,22H,4-8H2,1-3H3. The highest BCUT2D eigenvalue weighted by Crippen LogP contribution is 2.25. The Balaban J connectivity index is 1.60. The Bertz CT molecular complexity index is 890. The van der Waals surface area contributed by atoms with Crippen LogP contribution in [0, 0.1) is 19.7 Å². The predicted octanol–water partition coefficient (Wildman–Crippen LogP) is 2.12. The Morgan fingerprint density at radius 2 is 1.85 bits per heavy atom. The van der Waals surface area contributed by atoms with Gasteiger partial charge in [-0.2, -0.15) is 5.10 Å². The Hall–Kier alpha value is -2.07. The van der Waals surface area contributed by atoms with Crippen molar-refractivity contribution < 1.29 is 17.5 Å². The van der Waals surface area contributed by atoms with Gasteiger partial charge in [0.1, 0.15) is 11.0 Å². The minimum atomic E-state index is -3.63. The van der Waals surface area contributed by atoms with E-state index in [1.165, 1.54) is 0 Å². The molecule has 1 fully saturated rings. The average Bonchev–Trinajstić information content (AvgIpc) is 2.92. The molecule has 10 heteroatoms. The van der Waals surface area contributed by atoms with Crippen molar-refractivity contribution in [3.8, 4) is 6.01 Å². The number of sulfonamides is 1. The maximum atomic E-state index is 12.8. The lowest BCUT2D eigenvalue weighted by Gasteiger charge is -2.28. The van der Waals surface area contributed by atoms with Crippen molar-refractivity contribution in [3.63, 3.8) is 0 Å². The Morgan fingerprint density at radius 1 is 1.22 bits per heavy atom. The molecule has 0 spiro atoms. The molecule has 0 saturated heterocycles. The molecule has 1 aliphatic carbocycles. The van der Waals surface area contributed by atoms with Crippen LogP contribution in [0.4, 0.5) is 4.39 Å². The summed E-state index contributed by atoms with van der Waals surface area (Å²) in [6, 6.07) is -0.0218. The van der Waals surface area contributed by atoms with Crippen LogP contribution in [0.1, 0.15) is 44.0 Å². The fraction of sp³-hybridized carbons (Fsp3) is 0.588. The molecule has 1 aliphatic rings. The van der Waals surface area contributed by atoms with Crippen molar-refractivity contribution in [2.75, 3.05) is 0 Å². The first-order valence-corrected chi connectivity index (χ1v) is 10.5. The van der Waals surface area contributed by atoms with Gasteiger partial charge in [-0.05, 0) is 46.5 Å². The second-order valence-electron chi connectivity index (χ2n) is 6.71. The molecule has 0 amide bonds. The smallest absolute Gasteiger partial charge is 0.316 e. The van der Waals surface area contributed by atoms with Gasteiger partial charge in [-0.3, -0.25) is 4.68 Å². The van der Waals surface area contributed by atoms with Crippen LogP contribution in [0.2, 0.25) is 0 Å². The second kappa shape index (κ2) is 7.89. The molecule has 2 aromatic rings. The zero-order valence-corrected chi connectivity index (χ0v) is 16.5. The third-order valence-electron chi connectivity index (χ3n) is 4.75. The van der Waals surface area contributed by atoms with Gasteiger partial charge in [0.25, 0.3) is 0 Å². The Kier molecular flexibility index (Phi) is 5.75. The summed E-state index contributed by atoms with van der Waals surface area (Å²) in [5, 5.41) is 4.29. The van der Waals surface area contributed by atoms with Crippen LogP contribution < -0.4 is 9.46 Å². The lowest BCUT2D eigenvalue weighted by atomic mass is 9.94. The van der Waals surface area contributed by atoms with Gasteiger partial charge in [0.05, 0.1) is 23.8 Å². The number of nitrogens with one attached hydrogen (secondary N) is 1. The van der Waals surface area contributed by atoms with Gasteiger partial charge in [-0.15, -0.1) is 0 Å². The monoisotopic (exact) mass is 397 g/mol. The SMILES string of the molecule is CCn1nc(C)c(S(=O)(=O)NC2CCC(Oc3ncc(F)cn3)CC2)c1C. The molecule has 0 aromatic carbocycles. The van der Waals surface area contributed by atoms with E-state index in [1.54, 1.807) is 18.5 Å². The molecule has 8 nitrogen and oxygen atoms in total. The number of ether oxygens (including phenoxy) is 1. The van der Waals surface area contributed by atoms with E-state index in [9.17, 15) is 12.8 Å². The number of aromatic nitrogens is 4. The summed E-state index contributed by atoms with van der Waals surface area (Å²) in [6.07, 6.45) is 4.63. The Morgan fingerprint density at radius 3 is 2.41 bits per heavy atom. The highest BCUT2D eigenvalue weighted by Gasteiger charge is 2.30. The van der Waals surface area contributed by atoms with Crippen molar-refractivity contribution in [1.29, 1.82) is 0 Å². The summed E-state index contributed by atoms with van der Waals surface area (Å²) in [5.74, 6) is -0.516. The normalized spacial score (nSPS) is 20.6. The second-order valence-corrected chi connectivity index (χ2v) is 8.36. The average molecular weight is 397 g/mol. The topological polar surface area (TPSA) is 99.0 Å². The molecule has 148 valence electrons. The van der Waals surface area contributed by atoms with Crippen LogP contribution in [0.25, 0.3) is 0 Å². The molecule has 0 aliphatic heterocycles. The molecular weight excluding hydrogens is 373 g/mol. The van der Waals surface area contributed by atoms with Gasteiger partial charge in [0.15, 0.2) is 5.82 Å². The van der Waals surface area contributed by atoms with E-state index in [2.05, 4.69) is 19.8 Å². The number of halogens is 1. The minimum absolute atomic E-state index is 0.109. The summed E-state index contributed by atoms with van der Waals surface area (Å²) in [7, 11) is -3.63. The fourth-order valence-electron chi connectivity index (χ4n) is 3.46. The third-order valence-corrected chi connectivity index (χ3v) is 6.52. The molecule has 1 saturated carbocycles. The number of aryl methyl sites for hydroxylation is 2. The largest absolute Gasteiger partial charge is 0.460 e. The van der Waals surface area contributed by atoms with Crippen LogP contribution >= 0.6 is 0 Å². The molecule has 0 bridgehead atoms. The molecule has 27 heavy (non-hydrogen) atoms. The summed E-state index contributed by atoms with van der Waals surface area (Å²) in [4.78, 5) is 7.85. The van der Waals surface area contributed by atoms with Gasteiger partial charge in [-0.1, -0.05) is 0 Å². The predicted molar refractivity (Wildman–Crippen MR) is 96.4 cm³/mol. The van der Waals surface area contributed by atoms with Gasteiger partial charge < -0.3 is 4.74 Å². The number of nitrogens with zero attached hydrogens (tertiary/aromatic N) is 4. The molecule has 1 N–H and O–H groups in total. The lowest BCUT2D eigenvalue weighted by molar-refractivity contribution is 0.132. The van der Waals surface area contributed by atoms with E-state index in [0.29, 0.717) is 43.6 Å². The first kappa shape index (κ1) is 19.7. The highest BCUT2D eigenvalue weighted by atomic mass is 32.2. The summed E-state index contributed by atoms with van der Waals surface area (Å²) >= 11 is 0. The van der Waals surface area contributed by atoms with Crippen LogP contribution in [0.5, 0.6) is 6.01 Å². The van der Waals surface area contributed by atoms with Crippen LogP contribution in [-0.2, 0) is 16.6 Å². The van der Waals surface area contributed by atoms with Crippen molar-refractivity contribution in [3.05, 3.63) is 29.6 Å². The first-order valence-electron chi connectivity index (χ1n) is 9.00. The van der Waals surface area contributed by atoms with Crippen molar-refractivity contribution in [1.82, 2.24) is 24.5 Å². The van der Waals surface area contributed by atoms with Gasteiger partial charge in [-0.25, -0.2) is 27.5 Å². The molecule has 0 radical (unpaired) electrons. The zero-order valence-electron chi connectivity index (χ0n) is 15.6. The number of hydrogen-bond acceptors (Lipinski definition) is 6. The highest BCUT2D eigenvalue weighted by molar-refractivity contribution is 7.89. The van der Waals surface area contributed by atoms with Crippen LogP contribution in [0.3, 0.4) is 0 Å².